The van der Waals surface area contributed by atoms with Crippen molar-refractivity contribution in [1.82, 2.24) is 20.0 Å². The molecule has 2 aromatic heterocycles. The Morgan fingerprint density at radius 1 is 1.29 bits per heavy atom. The number of benzene rings is 2. The Bertz CT molecular complexity index is 1460. The van der Waals surface area contributed by atoms with Gasteiger partial charge in [-0.2, -0.15) is 5.26 Å². The Kier molecular flexibility index (Phi) is 7.92. The summed E-state index contributed by atoms with van der Waals surface area (Å²) < 4.78 is 35.6. The number of aromatic nitrogens is 4. The summed E-state index contributed by atoms with van der Waals surface area (Å²) in [7, 11) is 0. The predicted octanol–water partition coefficient (Wildman–Crippen LogP) is 5.22. The maximum absolute atomic E-state index is 13.6. The number of hydrogen-bond donors (Lipinski definition) is 3. The van der Waals surface area contributed by atoms with Gasteiger partial charge in [0, 0.05) is 34.0 Å². The molecule has 4 rings (SSSR count). The van der Waals surface area contributed by atoms with Gasteiger partial charge in [-0.1, -0.05) is 16.8 Å². The van der Waals surface area contributed by atoms with Gasteiger partial charge < -0.3 is 15.2 Å². The number of pyridine rings is 1. The fraction of sp³-hybridized carbons (Fsp3) is 0.182. The second-order valence-electron chi connectivity index (χ2n) is 7.47. The molecule has 9 nitrogen and oxygen atoms in total. The summed E-state index contributed by atoms with van der Waals surface area (Å²) in [6, 6.07) is 10.1. The first-order chi connectivity index (χ1) is 16.8. The van der Waals surface area contributed by atoms with Crippen molar-refractivity contribution in [1.29, 1.82) is 5.26 Å². The lowest BCUT2D eigenvalue weighted by atomic mass is 10.1. The van der Waals surface area contributed by atoms with Crippen LogP contribution < -0.4 is 10.6 Å². The normalized spacial score (nSPS) is 11.9. The zero-order valence-electron chi connectivity index (χ0n) is 18.0. The Hall–Kier alpha value is -3.11. The first-order valence-electron chi connectivity index (χ1n) is 10.3. The molecular formula is C22H18BrClFN7O2S. The average molecular weight is 579 g/mol. The van der Waals surface area contributed by atoms with Gasteiger partial charge in [0.05, 0.1) is 40.3 Å². The van der Waals surface area contributed by atoms with Crippen LogP contribution in [0.15, 0.2) is 47.2 Å². The van der Waals surface area contributed by atoms with Gasteiger partial charge in [-0.25, -0.2) is 8.60 Å². The summed E-state index contributed by atoms with van der Waals surface area (Å²) in [6.07, 6.45) is 3.75. The van der Waals surface area contributed by atoms with E-state index in [1.165, 1.54) is 24.4 Å². The number of nitrogens with one attached hydrogen (secondary N) is 2. The fourth-order valence-electron chi connectivity index (χ4n) is 3.37. The summed E-state index contributed by atoms with van der Waals surface area (Å²) in [5.74, 6) is -0.357. The molecule has 2 aromatic carbocycles. The number of fused-ring (bicyclic) bond motifs is 1. The van der Waals surface area contributed by atoms with Crippen LogP contribution in [0.2, 0.25) is 5.02 Å². The zero-order chi connectivity index (χ0) is 24.9. The van der Waals surface area contributed by atoms with E-state index >= 15 is 0 Å². The van der Waals surface area contributed by atoms with Crippen molar-refractivity contribution in [3.05, 3.63) is 69.3 Å². The number of halogens is 3. The summed E-state index contributed by atoms with van der Waals surface area (Å²) >= 11 is 7.64. The highest BCUT2D eigenvalue weighted by Gasteiger charge is 2.14. The van der Waals surface area contributed by atoms with Crippen LogP contribution in [0.5, 0.6) is 0 Å². The Balaban J connectivity index is 1.59. The summed E-state index contributed by atoms with van der Waals surface area (Å²) in [5, 5.41) is 24.9. The molecule has 13 heteroatoms. The highest BCUT2D eigenvalue weighted by molar-refractivity contribution is 9.10. The van der Waals surface area contributed by atoms with E-state index in [0.717, 1.165) is 5.69 Å². The van der Waals surface area contributed by atoms with Gasteiger partial charge in [-0.3, -0.25) is 9.67 Å². The molecular weight excluding hydrogens is 561 g/mol. The third-order valence-electron chi connectivity index (χ3n) is 5.00. The SMILES string of the molecule is N#Cc1cnc2c(Br)cc(NCc3cn(CCCS(=O)O)nn3)cc2c1Nc1ccc(F)c(Cl)c1. The van der Waals surface area contributed by atoms with Crippen LogP contribution in [0.1, 0.15) is 17.7 Å². The minimum absolute atomic E-state index is 0.0342. The maximum atomic E-state index is 13.6. The lowest BCUT2D eigenvalue weighted by molar-refractivity contribution is 0.543. The first-order valence-corrected chi connectivity index (χ1v) is 12.7. The lowest BCUT2D eigenvalue weighted by Gasteiger charge is -2.14. The standard InChI is InChI=1S/C22H18BrClFN7O2S/c23-18-7-15(27-11-16-12-32(31-30-16)4-1-5-35(33)34)6-17-21(13(9-26)10-28-22(17)18)29-14-2-3-20(25)19(24)8-14/h2-3,6-8,10,12,27H,1,4-5,11H2,(H,28,29)(H,33,34). The van der Waals surface area contributed by atoms with E-state index in [2.05, 4.69) is 47.9 Å². The van der Waals surface area contributed by atoms with Crippen LogP contribution in [-0.2, 0) is 24.2 Å². The van der Waals surface area contributed by atoms with E-state index in [-0.39, 0.29) is 10.8 Å². The molecule has 1 unspecified atom stereocenters. The van der Waals surface area contributed by atoms with Crippen molar-refractivity contribution in [2.75, 3.05) is 16.4 Å². The topological polar surface area (TPSA) is 129 Å². The Labute approximate surface area is 215 Å². The smallest absolute Gasteiger partial charge is 0.152 e. The molecule has 0 aliphatic carbocycles. The van der Waals surface area contributed by atoms with Crippen LogP contribution in [0.3, 0.4) is 0 Å². The molecule has 0 aliphatic rings. The number of anilines is 3. The van der Waals surface area contributed by atoms with Gasteiger partial charge in [0.2, 0.25) is 0 Å². The van der Waals surface area contributed by atoms with Crippen molar-refractivity contribution in [3.8, 4) is 6.07 Å². The van der Waals surface area contributed by atoms with Gasteiger partial charge in [0.25, 0.3) is 0 Å². The maximum Gasteiger partial charge on any atom is 0.152 e. The monoisotopic (exact) mass is 577 g/mol. The number of aryl methyl sites for hydroxylation is 1. The van der Waals surface area contributed by atoms with Gasteiger partial charge >= 0.3 is 0 Å². The molecule has 0 aliphatic heterocycles. The molecule has 0 amide bonds. The van der Waals surface area contributed by atoms with Crippen LogP contribution in [0, 0.1) is 17.1 Å². The number of nitrogens with zero attached hydrogens (tertiary/aromatic N) is 5. The molecule has 0 spiro atoms. The van der Waals surface area contributed by atoms with Gasteiger partial charge in [0.15, 0.2) is 11.1 Å². The number of hydrogen-bond acceptors (Lipinski definition) is 7. The molecule has 0 saturated carbocycles. The molecule has 35 heavy (non-hydrogen) atoms. The quantitative estimate of drug-likeness (QED) is 0.231. The lowest BCUT2D eigenvalue weighted by Crippen LogP contribution is -2.04. The van der Waals surface area contributed by atoms with Crippen LogP contribution >= 0.6 is 27.5 Å². The molecule has 0 fully saturated rings. The summed E-state index contributed by atoms with van der Waals surface area (Å²) in [6.45, 7) is 0.872. The molecule has 180 valence electrons. The Morgan fingerprint density at radius 2 is 2.11 bits per heavy atom. The van der Waals surface area contributed by atoms with Crippen LogP contribution in [0.4, 0.5) is 21.5 Å². The molecule has 2 heterocycles. The van der Waals surface area contributed by atoms with Gasteiger partial charge in [0.1, 0.15) is 17.6 Å². The van der Waals surface area contributed by atoms with Crippen molar-refractivity contribution < 1.29 is 13.2 Å². The van der Waals surface area contributed by atoms with E-state index in [9.17, 15) is 13.9 Å². The fourth-order valence-corrected chi connectivity index (χ4v) is 4.49. The van der Waals surface area contributed by atoms with E-state index in [1.807, 2.05) is 12.1 Å². The first kappa shape index (κ1) is 25.0. The third-order valence-corrected chi connectivity index (χ3v) is 6.53. The molecule has 0 bridgehead atoms. The van der Waals surface area contributed by atoms with Crippen molar-refractivity contribution in [3.63, 3.8) is 0 Å². The molecule has 0 radical (unpaired) electrons. The minimum Gasteiger partial charge on any atom is -0.379 e. The van der Waals surface area contributed by atoms with Crippen molar-refractivity contribution in [2.24, 2.45) is 0 Å². The largest absolute Gasteiger partial charge is 0.379 e. The highest BCUT2D eigenvalue weighted by Crippen LogP contribution is 2.35. The summed E-state index contributed by atoms with van der Waals surface area (Å²) in [4.78, 5) is 4.40. The van der Waals surface area contributed by atoms with Gasteiger partial charge in [-0.05, 0) is 52.7 Å². The molecule has 1 atom stereocenters. The van der Waals surface area contributed by atoms with E-state index in [4.69, 9.17) is 16.2 Å². The second kappa shape index (κ2) is 11.1. The molecule has 0 saturated heterocycles. The van der Waals surface area contributed by atoms with Crippen LogP contribution in [0.25, 0.3) is 10.9 Å². The van der Waals surface area contributed by atoms with Gasteiger partial charge in [-0.15, -0.1) is 5.10 Å². The molecule has 3 N–H and O–H groups in total. The minimum atomic E-state index is -1.83. The Morgan fingerprint density at radius 3 is 2.86 bits per heavy atom. The zero-order valence-corrected chi connectivity index (χ0v) is 21.2. The van der Waals surface area contributed by atoms with Crippen molar-refractivity contribution >= 4 is 66.6 Å². The van der Waals surface area contributed by atoms with E-state index in [0.29, 0.717) is 57.5 Å². The number of rotatable bonds is 9. The predicted molar refractivity (Wildman–Crippen MR) is 136 cm³/mol. The van der Waals surface area contributed by atoms with E-state index < -0.39 is 16.9 Å². The average Bonchev–Trinajstić information content (AvgIpc) is 3.28. The second-order valence-corrected chi connectivity index (χ2v) is 9.79. The van der Waals surface area contributed by atoms with E-state index in [1.54, 1.807) is 10.9 Å². The molecule has 4 aromatic rings. The summed E-state index contributed by atoms with van der Waals surface area (Å²) in [5.41, 5.74) is 3.42. The third kappa shape index (κ3) is 6.12. The highest BCUT2D eigenvalue weighted by atomic mass is 79.9. The number of nitriles is 1. The van der Waals surface area contributed by atoms with Crippen LogP contribution in [-0.4, -0.2) is 34.5 Å². The van der Waals surface area contributed by atoms with Crippen molar-refractivity contribution in [2.45, 2.75) is 19.5 Å².